The smallest absolute Gasteiger partial charge is 0.250 e. The number of hydrogen-bond donors (Lipinski definition) is 2. The van der Waals surface area contributed by atoms with E-state index in [1.807, 2.05) is 6.07 Å². The van der Waals surface area contributed by atoms with Gasteiger partial charge in [0.15, 0.2) is 0 Å². The highest BCUT2D eigenvalue weighted by Crippen LogP contribution is 2.20. The minimum atomic E-state index is -0.336. The van der Waals surface area contributed by atoms with Crippen LogP contribution in [0.2, 0.25) is 0 Å². The largest absolute Gasteiger partial charge is 0.392 e. The molecule has 0 saturated heterocycles. The number of aliphatic hydroxyl groups is 1. The van der Waals surface area contributed by atoms with Crippen molar-refractivity contribution in [3.8, 4) is 0 Å². The molecule has 0 aliphatic carbocycles. The minimum absolute atomic E-state index is 0.00883. The van der Waals surface area contributed by atoms with Gasteiger partial charge in [0.05, 0.1) is 6.10 Å². The van der Waals surface area contributed by atoms with Crippen molar-refractivity contribution in [3.05, 3.63) is 34.7 Å². The van der Waals surface area contributed by atoms with Crippen molar-refractivity contribution < 1.29 is 5.11 Å². The van der Waals surface area contributed by atoms with Crippen LogP contribution in [0.3, 0.4) is 0 Å². The lowest BCUT2D eigenvalue weighted by atomic mass is 9.89. The number of nitrogens with one attached hydrogen (secondary N) is 1. The Labute approximate surface area is 109 Å². The van der Waals surface area contributed by atoms with Crippen molar-refractivity contribution in [3.63, 3.8) is 0 Å². The molecular formula is C14H24N2O2. The molecule has 4 nitrogen and oxygen atoms in total. The lowest BCUT2D eigenvalue weighted by molar-refractivity contribution is 0.119. The van der Waals surface area contributed by atoms with Crippen molar-refractivity contribution in [1.82, 2.24) is 9.88 Å². The Bertz CT molecular complexity index is 407. The van der Waals surface area contributed by atoms with Gasteiger partial charge in [0.1, 0.15) is 0 Å². The summed E-state index contributed by atoms with van der Waals surface area (Å²) in [5.74, 6) is 0. The Kier molecular flexibility index (Phi) is 5.56. The molecule has 0 bridgehead atoms. The van der Waals surface area contributed by atoms with Gasteiger partial charge in [-0.25, -0.2) is 0 Å². The third-order valence-corrected chi connectivity index (χ3v) is 2.66. The van der Waals surface area contributed by atoms with Crippen LogP contribution >= 0.6 is 0 Å². The molecule has 0 aliphatic heterocycles. The molecule has 0 aliphatic rings. The summed E-state index contributed by atoms with van der Waals surface area (Å²) >= 11 is 0. The van der Waals surface area contributed by atoms with Crippen LogP contribution in [-0.2, 0) is 6.54 Å². The third kappa shape index (κ3) is 5.98. The summed E-state index contributed by atoms with van der Waals surface area (Å²) < 4.78 is 1.66. The molecule has 0 radical (unpaired) electrons. The van der Waals surface area contributed by atoms with E-state index in [1.165, 1.54) is 0 Å². The van der Waals surface area contributed by atoms with E-state index in [0.29, 0.717) is 19.6 Å². The minimum Gasteiger partial charge on any atom is -0.392 e. The quantitative estimate of drug-likeness (QED) is 0.749. The van der Waals surface area contributed by atoms with Crippen LogP contribution in [0.15, 0.2) is 29.2 Å². The van der Waals surface area contributed by atoms with Crippen molar-refractivity contribution >= 4 is 0 Å². The summed E-state index contributed by atoms with van der Waals surface area (Å²) in [6.07, 6.45) is 2.21. The molecule has 1 heterocycles. The fourth-order valence-corrected chi connectivity index (χ4v) is 1.89. The van der Waals surface area contributed by atoms with E-state index in [0.717, 1.165) is 6.42 Å². The molecule has 2 N–H and O–H groups in total. The second-order valence-electron chi connectivity index (χ2n) is 5.86. The summed E-state index contributed by atoms with van der Waals surface area (Å²) in [5, 5.41) is 13.0. The first-order valence-corrected chi connectivity index (χ1v) is 6.43. The number of aromatic nitrogens is 1. The fourth-order valence-electron chi connectivity index (χ4n) is 1.89. The van der Waals surface area contributed by atoms with Crippen LogP contribution in [0.5, 0.6) is 0 Å². The summed E-state index contributed by atoms with van der Waals surface area (Å²) in [5.41, 5.74) is 0.145. The number of pyridine rings is 1. The molecule has 1 atom stereocenters. The van der Waals surface area contributed by atoms with E-state index in [-0.39, 0.29) is 17.1 Å². The van der Waals surface area contributed by atoms with Gasteiger partial charge in [0.25, 0.3) is 5.56 Å². The summed E-state index contributed by atoms with van der Waals surface area (Å²) in [6.45, 7) is 8.21. The Hall–Kier alpha value is -1.13. The first-order chi connectivity index (χ1) is 8.38. The standard InChI is InChI=1S/C14H24N2O2/c1-14(2,3)10-12(17)11-15-7-9-16-8-5-4-6-13(16)18/h4-6,8,12,15,17H,7,9-11H2,1-3H3. The van der Waals surface area contributed by atoms with Gasteiger partial charge in [-0.05, 0) is 17.9 Å². The number of hydrogen-bond acceptors (Lipinski definition) is 3. The molecule has 0 saturated carbocycles. The van der Waals surface area contributed by atoms with Gasteiger partial charge in [0.2, 0.25) is 0 Å². The Morgan fingerprint density at radius 1 is 1.39 bits per heavy atom. The van der Waals surface area contributed by atoms with Crippen molar-refractivity contribution in [2.24, 2.45) is 5.41 Å². The van der Waals surface area contributed by atoms with Crippen LogP contribution in [0.25, 0.3) is 0 Å². The van der Waals surface area contributed by atoms with Crippen LogP contribution in [-0.4, -0.2) is 28.9 Å². The van der Waals surface area contributed by atoms with E-state index in [2.05, 4.69) is 26.1 Å². The molecule has 0 spiro atoms. The van der Waals surface area contributed by atoms with Crippen LogP contribution in [0, 0.1) is 5.41 Å². The number of nitrogens with zero attached hydrogens (tertiary/aromatic N) is 1. The van der Waals surface area contributed by atoms with E-state index in [9.17, 15) is 9.90 Å². The third-order valence-electron chi connectivity index (χ3n) is 2.66. The predicted octanol–water partition coefficient (Wildman–Crippen LogP) is 1.23. The van der Waals surface area contributed by atoms with Gasteiger partial charge in [-0.1, -0.05) is 26.8 Å². The van der Waals surface area contributed by atoms with Crippen molar-refractivity contribution in [1.29, 1.82) is 0 Å². The van der Waals surface area contributed by atoms with Gasteiger partial charge >= 0.3 is 0 Å². The summed E-state index contributed by atoms with van der Waals surface area (Å²) in [4.78, 5) is 11.4. The molecule has 0 aromatic carbocycles. The highest BCUT2D eigenvalue weighted by molar-refractivity contribution is 4.93. The lowest BCUT2D eigenvalue weighted by Crippen LogP contribution is -2.33. The maximum absolute atomic E-state index is 11.4. The molecule has 102 valence electrons. The Balaban J connectivity index is 2.23. The van der Waals surface area contributed by atoms with Gasteiger partial charge < -0.3 is 15.0 Å². The Morgan fingerprint density at radius 3 is 2.72 bits per heavy atom. The highest BCUT2D eigenvalue weighted by Gasteiger charge is 2.15. The molecule has 1 aromatic rings. The molecule has 1 aromatic heterocycles. The van der Waals surface area contributed by atoms with E-state index >= 15 is 0 Å². The normalized spacial score (nSPS) is 13.6. The van der Waals surface area contributed by atoms with E-state index in [1.54, 1.807) is 22.9 Å². The lowest BCUT2D eigenvalue weighted by Gasteiger charge is -2.22. The van der Waals surface area contributed by atoms with Gasteiger partial charge in [-0.3, -0.25) is 4.79 Å². The number of rotatable bonds is 6. The maximum atomic E-state index is 11.4. The SMILES string of the molecule is CC(C)(C)CC(O)CNCCn1ccccc1=O. The summed E-state index contributed by atoms with van der Waals surface area (Å²) in [6, 6.07) is 5.13. The monoisotopic (exact) mass is 252 g/mol. The first-order valence-electron chi connectivity index (χ1n) is 6.43. The van der Waals surface area contributed by atoms with Crippen LogP contribution < -0.4 is 10.9 Å². The van der Waals surface area contributed by atoms with Crippen LogP contribution in [0.4, 0.5) is 0 Å². The topological polar surface area (TPSA) is 54.3 Å². The fraction of sp³-hybridized carbons (Fsp3) is 0.643. The predicted molar refractivity (Wildman–Crippen MR) is 73.7 cm³/mol. The molecule has 0 fully saturated rings. The molecule has 1 unspecified atom stereocenters. The summed E-state index contributed by atoms with van der Waals surface area (Å²) in [7, 11) is 0. The second-order valence-corrected chi connectivity index (χ2v) is 5.86. The van der Waals surface area contributed by atoms with Crippen molar-refractivity contribution in [2.75, 3.05) is 13.1 Å². The zero-order valence-corrected chi connectivity index (χ0v) is 11.5. The van der Waals surface area contributed by atoms with Gasteiger partial charge in [0, 0.05) is 31.9 Å². The molecule has 4 heteroatoms. The first kappa shape index (κ1) is 14.9. The van der Waals surface area contributed by atoms with E-state index in [4.69, 9.17) is 0 Å². The highest BCUT2D eigenvalue weighted by atomic mass is 16.3. The molecule has 18 heavy (non-hydrogen) atoms. The Morgan fingerprint density at radius 2 is 2.11 bits per heavy atom. The molecule has 1 rings (SSSR count). The van der Waals surface area contributed by atoms with Gasteiger partial charge in [-0.2, -0.15) is 0 Å². The average Bonchev–Trinajstić information content (AvgIpc) is 2.24. The average molecular weight is 252 g/mol. The van der Waals surface area contributed by atoms with Crippen molar-refractivity contribution in [2.45, 2.75) is 39.8 Å². The molecular weight excluding hydrogens is 228 g/mol. The zero-order valence-electron chi connectivity index (χ0n) is 11.5. The second kappa shape index (κ2) is 6.71. The van der Waals surface area contributed by atoms with E-state index < -0.39 is 0 Å². The van der Waals surface area contributed by atoms with Crippen LogP contribution in [0.1, 0.15) is 27.2 Å². The molecule has 0 amide bonds. The number of aliphatic hydroxyl groups excluding tert-OH is 1. The van der Waals surface area contributed by atoms with Gasteiger partial charge in [-0.15, -0.1) is 0 Å². The zero-order chi connectivity index (χ0) is 13.6. The maximum Gasteiger partial charge on any atom is 0.250 e.